The molecule has 0 aliphatic heterocycles. The van der Waals surface area contributed by atoms with Crippen LogP contribution in [0.25, 0.3) is 0 Å². The molecule has 0 aromatic carbocycles. The molecule has 0 aliphatic rings. The molecule has 0 aromatic heterocycles. The van der Waals surface area contributed by atoms with Gasteiger partial charge in [-0.05, 0) is 32.1 Å². The Hall–Kier alpha value is -1.05. The summed E-state index contributed by atoms with van der Waals surface area (Å²) < 4.78 is 4.60. The molecule has 0 bridgehead atoms. The Morgan fingerprint density at radius 2 is 1.38 bits per heavy atom. The number of methoxy groups -OCH3 is 1. The molecule has 0 fully saturated rings. The summed E-state index contributed by atoms with van der Waals surface area (Å²) in [7, 11) is 1.44. The van der Waals surface area contributed by atoms with E-state index in [0.717, 1.165) is 19.3 Å². The number of allylic oxidation sites excluding steroid dienone is 4. The predicted octanol–water partition coefficient (Wildman–Crippen LogP) is 5.97. The fourth-order valence-electron chi connectivity index (χ4n) is 2.19. The lowest BCUT2D eigenvalue weighted by atomic mass is 10.1. The molecule has 122 valence electrons. The van der Waals surface area contributed by atoms with Crippen molar-refractivity contribution in [1.29, 1.82) is 0 Å². The molecule has 0 unspecified atom stereocenters. The molecule has 0 N–H and O–H groups in total. The summed E-state index contributed by atoms with van der Waals surface area (Å²) in [4.78, 5) is 10.9. The third kappa shape index (κ3) is 16.9. The minimum atomic E-state index is -0.113. The first-order chi connectivity index (χ1) is 10.3. The lowest BCUT2D eigenvalue weighted by Gasteiger charge is -1.98. The van der Waals surface area contributed by atoms with Gasteiger partial charge in [0.1, 0.15) is 0 Å². The van der Waals surface area contributed by atoms with Gasteiger partial charge in [-0.2, -0.15) is 0 Å². The second-order valence-corrected chi connectivity index (χ2v) is 5.56. The summed E-state index contributed by atoms with van der Waals surface area (Å²) in [5.74, 6) is -0.113. The zero-order valence-electron chi connectivity index (χ0n) is 14.1. The molecule has 0 radical (unpaired) electrons. The van der Waals surface area contributed by atoms with Crippen molar-refractivity contribution in [3.8, 4) is 0 Å². The summed E-state index contributed by atoms with van der Waals surface area (Å²) >= 11 is 0. The normalized spacial score (nSPS) is 11.5. The van der Waals surface area contributed by atoms with Crippen LogP contribution in [0.3, 0.4) is 0 Å². The van der Waals surface area contributed by atoms with Gasteiger partial charge in [0.05, 0.1) is 7.11 Å². The monoisotopic (exact) mass is 294 g/mol. The van der Waals surface area contributed by atoms with Crippen molar-refractivity contribution in [3.05, 3.63) is 24.3 Å². The second-order valence-electron chi connectivity index (χ2n) is 5.56. The standard InChI is InChI=1S/C19H34O2/c1-3-4-5-6-7-8-9-10-11-12-13-14-15-16-17-18-19(20)21-2/h11-12,14-15H,3-10,13,16-18H2,1-2H3/b12-11-,15-14-. The number of hydrogen-bond donors (Lipinski definition) is 0. The average Bonchev–Trinajstić information content (AvgIpc) is 2.50. The number of ether oxygens (including phenoxy) is 1. The maximum absolute atomic E-state index is 10.9. The van der Waals surface area contributed by atoms with E-state index in [1.54, 1.807) is 0 Å². The molecule has 21 heavy (non-hydrogen) atoms. The van der Waals surface area contributed by atoms with Gasteiger partial charge in [-0.25, -0.2) is 0 Å². The van der Waals surface area contributed by atoms with Gasteiger partial charge in [0.2, 0.25) is 0 Å². The Morgan fingerprint density at radius 1 is 0.810 bits per heavy atom. The van der Waals surface area contributed by atoms with E-state index >= 15 is 0 Å². The van der Waals surface area contributed by atoms with E-state index in [0.29, 0.717) is 6.42 Å². The van der Waals surface area contributed by atoms with Gasteiger partial charge in [0.25, 0.3) is 0 Å². The van der Waals surface area contributed by atoms with Gasteiger partial charge < -0.3 is 4.74 Å². The van der Waals surface area contributed by atoms with E-state index in [1.165, 1.54) is 58.5 Å². The first kappa shape index (κ1) is 19.9. The highest BCUT2D eigenvalue weighted by atomic mass is 16.5. The van der Waals surface area contributed by atoms with E-state index in [9.17, 15) is 4.79 Å². The van der Waals surface area contributed by atoms with Crippen LogP contribution in [0.5, 0.6) is 0 Å². The van der Waals surface area contributed by atoms with E-state index in [2.05, 4.69) is 36.0 Å². The summed E-state index contributed by atoms with van der Waals surface area (Å²) in [6.45, 7) is 2.26. The quantitative estimate of drug-likeness (QED) is 0.224. The third-order valence-corrected chi connectivity index (χ3v) is 3.56. The zero-order valence-corrected chi connectivity index (χ0v) is 14.1. The third-order valence-electron chi connectivity index (χ3n) is 3.56. The molecular weight excluding hydrogens is 260 g/mol. The smallest absolute Gasteiger partial charge is 0.305 e. The highest BCUT2D eigenvalue weighted by Gasteiger charge is 1.96. The predicted molar refractivity (Wildman–Crippen MR) is 91.4 cm³/mol. The zero-order chi connectivity index (χ0) is 15.6. The number of carbonyl (C=O) groups excluding carboxylic acids is 1. The Balaban J connectivity index is 3.23. The molecule has 0 spiro atoms. The van der Waals surface area contributed by atoms with Crippen molar-refractivity contribution in [2.75, 3.05) is 7.11 Å². The number of unbranched alkanes of at least 4 members (excludes halogenated alkanes) is 8. The highest BCUT2D eigenvalue weighted by Crippen LogP contribution is 2.08. The van der Waals surface area contributed by atoms with Crippen LogP contribution in [0, 0.1) is 0 Å². The Labute approximate surface area is 131 Å². The molecule has 2 nitrogen and oxygen atoms in total. The first-order valence-electron chi connectivity index (χ1n) is 8.68. The van der Waals surface area contributed by atoms with Crippen molar-refractivity contribution in [2.24, 2.45) is 0 Å². The van der Waals surface area contributed by atoms with Crippen LogP contribution in [0.4, 0.5) is 0 Å². The summed E-state index contributed by atoms with van der Waals surface area (Å²) in [5, 5.41) is 0. The fourth-order valence-corrected chi connectivity index (χ4v) is 2.19. The molecule has 0 aliphatic carbocycles. The van der Waals surface area contributed by atoms with Crippen LogP contribution in [0.2, 0.25) is 0 Å². The SMILES string of the molecule is CCCCCCCCC/C=C\C/C=C\CCCC(=O)OC. The first-order valence-corrected chi connectivity index (χ1v) is 8.68. The molecule has 0 aromatic rings. The lowest BCUT2D eigenvalue weighted by Crippen LogP contribution is -1.98. The van der Waals surface area contributed by atoms with Crippen molar-refractivity contribution in [2.45, 2.75) is 84.0 Å². The minimum absolute atomic E-state index is 0.113. The van der Waals surface area contributed by atoms with Gasteiger partial charge in [-0.1, -0.05) is 69.8 Å². The molecule has 0 saturated carbocycles. The van der Waals surface area contributed by atoms with Crippen LogP contribution < -0.4 is 0 Å². The van der Waals surface area contributed by atoms with Crippen LogP contribution in [-0.2, 0) is 9.53 Å². The van der Waals surface area contributed by atoms with Crippen LogP contribution in [0.15, 0.2) is 24.3 Å². The molecule has 0 rings (SSSR count). The number of esters is 1. The van der Waals surface area contributed by atoms with Crippen molar-refractivity contribution in [1.82, 2.24) is 0 Å². The fraction of sp³-hybridized carbons (Fsp3) is 0.737. The van der Waals surface area contributed by atoms with Gasteiger partial charge in [-0.15, -0.1) is 0 Å². The van der Waals surface area contributed by atoms with Crippen molar-refractivity contribution >= 4 is 5.97 Å². The van der Waals surface area contributed by atoms with Crippen LogP contribution >= 0.6 is 0 Å². The molecule has 0 amide bonds. The maximum atomic E-state index is 10.9. The van der Waals surface area contributed by atoms with Crippen molar-refractivity contribution in [3.63, 3.8) is 0 Å². The van der Waals surface area contributed by atoms with Gasteiger partial charge in [0, 0.05) is 6.42 Å². The van der Waals surface area contributed by atoms with E-state index in [4.69, 9.17) is 0 Å². The molecule has 0 heterocycles. The number of rotatable bonds is 14. The highest BCUT2D eigenvalue weighted by molar-refractivity contribution is 5.68. The van der Waals surface area contributed by atoms with E-state index in [1.807, 2.05) is 0 Å². The lowest BCUT2D eigenvalue weighted by molar-refractivity contribution is -0.140. The molecular formula is C19H34O2. The molecule has 2 heteroatoms. The van der Waals surface area contributed by atoms with Crippen LogP contribution in [-0.4, -0.2) is 13.1 Å². The second kappa shape index (κ2) is 17.0. The molecule has 0 saturated heterocycles. The topological polar surface area (TPSA) is 26.3 Å². The van der Waals surface area contributed by atoms with E-state index in [-0.39, 0.29) is 5.97 Å². The van der Waals surface area contributed by atoms with Crippen molar-refractivity contribution < 1.29 is 9.53 Å². The maximum Gasteiger partial charge on any atom is 0.305 e. The minimum Gasteiger partial charge on any atom is -0.469 e. The molecule has 0 atom stereocenters. The van der Waals surface area contributed by atoms with E-state index < -0.39 is 0 Å². The van der Waals surface area contributed by atoms with Crippen LogP contribution in [0.1, 0.15) is 84.0 Å². The van der Waals surface area contributed by atoms with Gasteiger partial charge >= 0.3 is 5.97 Å². The summed E-state index contributed by atoms with van der Waals surface area (Å²) in [5.41, 5.74) is 0. The Morgan fingerprint density at radius 3 is 2.00 bits per heavy atom. The Bertz CT molecular complexity index is 279. The number of carbonyl (C=O) groups is 1. The Kier molecular flexibility index (Phi) is 16.2. The van der Waals surface area contributed by atoms with Gasteiger partial charge in [-0.3, -0.25) is 4.79 Å². The summed E-state index contributed by atoms with van der Waals surface area (Å²) in [6.07, 6.45) is 23.1. The number of hydrogen-bond acceptors (Lipinski definition) is 2. The summed E-state index contributed by atoms with van der Waals surface area (Å²) in [6, 6.07) is 0. The largest absolute Gasteiger partial charge is 0.469 e. The average molecular weight is 294 g/mol. The van der Waals surface area contributed by atoms with Gasteiger partial charge in [0.15, 0.2) is 0 Å².